The van der Waals surface area contributed by atoms with Crippen LogP contribution in [0, 0.1) is 10.1 Å². The van der Waals surface area contributed by atoms with Crippen LogP contribution in [0.3, 0.4) is 0 Å². The van der Waals surface area contributed by atoms with Gasteiger partial charge in [0.2, 0.25) is 11.8 Å². The fourth-order valence-electron chi connectivity index (χ4n) is 2.89. The number of imide groups is 1. The molecular weight excluding hydrogens is 394 g/mol. The Kier molecular flexibility index (Phi) is 5.86. The fourth-order valence-corrected chi connectivity index (χ4v) is 2.89. The van der Waals surface area contributed by atoms with Gasteiger partial charge in [-0.15, -0.1) is 0 Å². The number of hydrogen-bond acceptors (Lipinski definition) is 7. The quantitative estimate of drug-likeness (QED) is 0.334. The van der Waals surface area contributed by atoms with E-state index in [1.54, 1.807) is 0 Å². The lowest BCUT2D eigenvalue weighted by Crippen LogP contribution is -2.31. The van der Waals surface area contributed by atoms with Gasteiger partial charge in [0.25, 0.3) is 11.6 Å². The molecule has 0 radical (unpaired) electrons. The van der Waals surface area contributed by atoms with E-state index in [1.807, 2.05) is 0 Å². The third-order valence-electron chi connectivity index (χ3n) is 4.40. The third-order valence-corrected chi connectivity index (χ3v) is 4.40. The van der Waals surface area contributed by atoms with E-state index >= 15 is 0 Å². The van der Waals surface area contributed by atoms with Crippen LogP contribution in [-0.2, 0) is 19.1 Å². The molecule has 0 spiro atoms. The lowest BCUT2D eigenvalue weighted by Gasteiger charge is -2.16. The van der Waals surface area contributed by atoms with Gasteiger partial charge in [-0.3, -0.25) is 29.4 Å². The number of nitro groups is 1. The van der Waals surface area contributed by atoms with E-state index in [9.17, 15) is 29.3 Å². The number of benzene rings is 2. The first kappa shape index (κ1) is 20.6. The Bertz CT molecular complexity index is 1030. The van der Waals surface area contributed by atoms with Crippen molar-refractivity contribution in [3.05, 3.63) is 64.2 Å². The number of nitrogens with zero attached hydrogens (tertiary/aromatic N) is 2. The summed E-state index contributed by atoms with van der Waals surface area (Å²) in [5, 5.41) is 13.4. The van der Waals surface area contributed by atoms with Crippen molar-refractivity contribution in [2.75, 3.05) is 10.2 Å². The predicted octanol–water partition coefficient (Wildman–Crippen LogP) is 2.43. The number of nitro benzene ring substituents is 1. The number of rotatable bonds is 6. The lowest BCUT2D eigenvalue weighted by molar-refractivity contribution is -0.383. The number of hydrogen-bond donors (Lipinski definition) is 1. The van der Waals surface area contributed by atoms with E-state index in [1.165, 1.54) is 55.5 Å². The zero-order chi connectivity index (χ0) is 21.8. The molecule has 1 fully saturated rings. The van der Waals surface area contributed by atoms with Gasteiger partial charge >= 0.3 is 5.97 Å². The maximum absolute atomic E-state index is 12.4. The summed E-state index contributed by atoms with van der Waals surface area (Å²) in [6, 6.07) is 11.3. The van der Waals surface area contributed by atoms with E-state index in [-0.39, 0.29) is 47.3 Å². The van der Waals surface area contributed by atoms with Gasteiger partial charge in [0.15, 0.2) is 6.10 Å². The number of esters is 1. The summed E-state index contributed by atoms with van der Waals surface area (Å²) in [5.74, 6) is -2.31. The van der Waals surface area contributed by atoms with Crippen LogP contribution in [0.1, 0.15) is 30.1 Å². The Labute approximate surface area is 170 Å². The molecule has 1 aliphatic heterocycles. The van der Waals surface area contributed by atoms with E-state index in [4.69, 9.17) is 4.74 Å². The van der Waals surface area contributed by atoms with E-state index < -0.39 is 22.9 Å². The number of nitrogens with one attached hydrogen (secondary N) is 1. The van der Waals surface area contributed by atoms with Crippen molar-refractivity contribution in [2.45, 2.75) is 25.9 Å². The molecule has 0 unspecified atom stereocenters. The van der Waals surface area contributed by atoms with Crippen LogP contribution in [-0.4, -0.2) is 34.7 Å². The fraction of sp³-hybridized carbons (Fsp3) is 0.200. The lowest BCUT2D eigenvalue weighted by atomic mass is 10.2. The zero-order valence-electron chi connectivity index (χ0n) is 15.9. The molecule has 0 saturated carbocycles. The molecule has 2 aromatic carbocycles. The Balaban J connectivity index is 1.69. The van der Waals surface area contributed by atoms with Crippen LogP contribution in [0.25, 0.3) is 0 Å². The summed E-state index contributed by atoms with van der Waals surface area (Å²) in [6.07, 6.45) is -1.04. The van der Waals surface area contributed by atoms with Crippen LogP contribution in [0.5, 0.6) is 0 Å². The van der Waals surface area contributed by atoms with Gasteiger partial charge in [0, 0.05) is 18.9 Å². The van der Waals surface area contributed by atoms with Gasteiger partial charge in [-0.05, 0) is 31.2 Å². The molecule has 3 rings (SSSR count). The molecule has 154 valence electrons. The van der Waals surface area contributed by atoms with Crippen molar-refractivity contribution in [3.63, 3.8) is 0 Å². The number of para-hydroxylation sites is 2. The summed E-state index contributed by atoms with van der Waals surface area (Å²) in [6.45, 7) is 1.32. The topological polar surface area (TPSA) is 136 Å². The first-order valence-electron chi connectivity index (χ1n) is 8.99. The van der Waals surface area contributed by atoms with Crippen molar-refractivity contribution in [1.29, 1.82) is 0 Å². The van der Waals surface area contributed by atoms with Crippen molar-refractivity contribution < 1.29 is 28.8 Å². The third kappa shape index (κ3) is 4.32. The molecule has 1 aliphatic rings. The highest BCUT2D eigenvalue weighted by molar-refractivity contribution is 6.20. The normalized spacial score (nSPS) is 14.4. The van der Waals surface area contributed by atoms with Gasteiger partial charge in [-0.1, -0.05) is 18.2 Å². The molecule has 3 amide bonds. The van der Waals surface area contributed by atoms with Crippen LogP contribution in [0.4, 0.5) is 17.1 Å². The average molecular weight is 411 g/mol. The number of amides is 3. The van der Waals surface area contributed by atoms with Crippen molar-refractivity contribution in [3.8, 4) is 0 Å². The Hall–Kier alpha value is -4.08. The van der Waals surface area contributed by atoms with Gasteiger partial charge < -0.3 is 10.1 Å². The summed E-state index contributed by atoms with van der Waals surface area (Å²) >= 11 is 0. The molecule has 1 N–H and O–H groups in total. The van der Waals surface area contributed by atoms with E-state index in [0.29, 0.717) is 0 Å². The molecular formula is C20H17N3O7. The monoisotopic (exact) mass is 411 g/mol. The molecule has 1 heterocycles. The van der Waals surface area contributed by atoms with E-state index in [0.717, 1.165) is 4.90 Å². The Morgan fingerprint density at radius 3 is 2.43 bits per heavy atom. The Morgan fingerprint density at radius 2 is 1.77 bits per heavy atom. The van der Waals surface area contributed by atoms with E-state index in [2.05, 4.69) is 5.32 Å². The van der Waals surface area contributed by atoms with Crippen LogP contribution in [0.2, 0.25) is 0 Å². The molecule has 0 aliphatic carbocycles. The minimum atomic E-state index is -1.25. The second-order valence-corrected chi connectivity index (χ2v) is 6.48. The Morgan fingerprint density at radius 1 is 1.10 bits per heavy atom. The SMILES string of the molecule is C[C@H](OC(=O)c1cccc(N2C(=O)CCC2=O)c1)C(=O)Nc1ccccc1[N+](=O)[O-]. The second-order valence-electron chi connectivity index (χ2n) is 6.48. The van der Waals surface area contributed by atoms with Gasteiger partial charge in [-0.2, -0.15) is 0 Å². The average Bonchev–Trinajstić information content (AvgIpc) is 3.06. The smallest absolute Gasteiger partial charge is 0.338 e. The first-order chi connectivity index (χ1) is 14.3. The first-order valence-corrected chi connectivity index (χ1v) is 8.99. The maximum atomic E-state index is 12.4. The highest BCUT2D eigenvalue weighted by Gasteiger charge is 2.31. The minimum Gasteiger partial charge on any atom is -0.449 e. The minimum absolute atomic E-state index is 0.0246. The predicted molar refractivity (Wildman–Crippen MR) is 105 cm³/mol. The second kappa shape index (κ2) is 8.52. The highest BCUT2D eigenvalue weighted by Crippen LogP contribution is 2.25. The van der Waals surface area contributed by atoms with Gasteiger partial charge in [0.1, 0.15) is 5.69 Å². The number of ether oxygens (including phenoxy) is 1. The summed E-state index contributed by atoms with van der Waals surface area (Å²) in [4.78, 5) is 59.9. The van der Waals surface area contributed by atoms with Crippen molar-refractivity contribution in [1.82, 2.24) is 0 Å². The summed E-state index contributed by atoms with van der Waals surface area (Å²) in [7, 11) is 0. The zero-order valence-corrected chi connectivity index (χ0v) is 15.9. The molecule has 1 atom stereocenters. The van der Waals surface area contributed by atoms with Gasteiger partial charge in [0.05, 0.1) is 16.2 Å². The molecule has 2 aromatic rings. The molecule has 0 bridgehead atoms. The number of carbonyl (C=O) groups is 4. The molecule has 10 heteroatoms. The van der Waals surface area contributed by atoms with Crippen LogP contribution < -0.4 is 10.2 Å². The largest absolute Gasteiger partial charge is 0.449 e. The van der Waals surface area contributed by atoms with Crippen LogP contribution in [0.15, 0.2) is 48.5 Å². The summed E-state index contributed by atoms with van der Waals surface area (Å²) < 4.78 is 5.13. The molecule has 10 nitrogen and oxygen atoms in total. The van der Waals surface area contributed by atoms with Crippen LogP contribution >= 0.6 is 0 Å². The number of carbonyl (C=O) groups excluding carboxylic acids is 4. The van der Waals surface area contributed by atoms with Gasteiger partial charge in [-0.25, -0.2) is 4.79 Å². The summed E-state index contributed by atoms with van der Waals surface area (Å²) in [5.41, 5.74) is -0.0280. The highest BCUT2D eigenvalue weighted by atomic mass is 16.6. The molecule has 30 heavy (non-hydrogen) atoms. The number of anilines is 2. The maximum Gasteiger partial charge on any atom is 0.338 e. The molecule has 1 saturated heterocycles. The van der Waals surface area contributed by atoms with Crippen molar-refractivity contribution >= 4 is 40.8 Å². The molecule has 0 aromatic heterocycles. The van der Waals surface area contributed by atoms with Crippen molar-refractivity contribution in [2.24, 2.45) is 0 Å². The standard InChI is InChI=1S/C20H17N3O7/c1-12(19(26)21-15-7-2-3-8-16(15)23(28)29)30-20(27)13-5-4-6-14(11-13)22-17(24)9-10-18(22)25/h2-8,11-12H,9-10H2,1H3,(H,21,26)/t12-/m0/s1.